The highest BCUT2D eigenvalue weighted by Gasteiger charge is 2.45. The van der Waals surface area contributed by atoms with Crippen molar-refractivity contribution in [2.24, 2.45) is 5.41 Å². The molecule has 1 spiro atoms. The minimum atomic E-state index is 0.00319. The van der Waals surface area contributed by atoms with Crippen LogP contribution in [0, 0.1) is 5.41 Å². The third-order valence-electron chi connectivity index (χ3n) is 6.15. The summed E-state index contributed by atoms with van der Waals surface area (Å²) < 4.78 is 5.12. The number of aromatic nitrogens is 1. The Balaban J connectivity index is 1.35. The molecule has 0 bridgehead atoms. The number of carbonyl (C=O) groups excluding carboxylic acids is 2. The Kier molecular flexibility index (Phi) is 5.62. The molecule has 6 heteroatoms. The van der Waals surface area contributed by atoms with Crippen molar-refractivity contribution in [2.75, 3.05) is 26.7 Å². The molecular weight excluding hydrogens is 366 g/mol. The number of hydrogen-bond acceptors (Lipinski definition) is 4. The second-order valence-corrected chi connectivity index (χ2v) is 8.20. The molecule has 3 heterocycles. The number of ether oxygens (including phenoxy) is 1. The summed E-state index contributed by atoms with van der Waals surface area (Å²) in [5.41, 5.74) is 2.88. The van der Waals surface area contributed by atoms with E-state index in [0.29, 0.717) is 38.2 Å². The fraction of sp³-hybridized carbons (Fsp3) is 0.435. The molecule has 1 aromatic carbocycles. The smallest absolute Gasteiger partial charge is 0.253 e. The van der Waals surface area contributed by atoms with E-state index in [1.54, 1.807) is 19.5 Å². The van der Waals surface area contributed by atoms with Crippen LogP contribution in [-0.2, 0) is 22.7 Å². The van der Waals surface area contributed by atoms with Gasteiger partial charge in [-0.2, -0.15) is 0 Å². The fourth-order valence-electron chi connectivity index (χ4n) is 4.45. The molecule has 1 aromatic heterocycles. The normalized spacial score (nSPS) is 18.4. The number of benzene rings is 1. The molecule has 2 aliphatic heterocycles. The summed E-state index contributed by atoms with van der Waals surface area (Å²) in [6, 6.07) is 11.5. The van der Waals surface area contributed by atoms with Gasteiger partial charge in [-0.15, -0.1) is 0 Å². The molecule has 152 valence electrons. The lowest BCUT2D eigenvalue weighted by atomic mass is 9.77. The van der Waals surface area contributed by atoms with Crippen LogP contribution in [0.3, 0.4) is 0 Å². The van der Waals surface area contributed by atoms with Crippen LogP contribution in [0.15, 0.2) is 48.8 Å². The lowest BCUT2D eigenvalue weighted by molar-refractivity contribution is -0.128. The highest BCUT2D eigenvalue weighted by Crippen LogP contribution is 2.41. The number of hydrogen-bond donors (Lipinski definition) is 0. The molecule has 2 fully saturated rings. The monoisotopic (exact) mass is 393 g/mol. The second-order valence-electron chi connectivity index (χ2n) is 8.20. The standard InChI is InChI=1S/C23H27N3O3/c1-29-16-19-2-4-20(5-3-19)22(28)25-12-8-23(9-13-25)14-21(27)26(17-23)15-18-6-10-24-11-7-18/h2-7,10-11H,8-9,12-17H2,1H3. The van der Waals surface area contributed by atoms with E-state index < -0.39 is 0 Å². The lowest BCUT2D eigenvalue weighted by Gasteiger charge is -2.38. The molecule has 0 unspecified atom stereocenters. The molecule has 0 saturated carbocycles. The van der Waals surface area contributed by atoms with Gasteiger partial charge in [-0.1, -0.05) is 12.1 Å². The molecular formula is C23H27N3O3. The maximum absolute atomic E-state index is 12.9. The molecule has 6 nitrogen and oxygen atoms in total. The maximum atomic E-state index is 12.9. The zero-order chi connectivity index (χ0) is 20.3. The predicted octanol–water partition coefficient (Wildman–Crippen LogP) is 2.88. The van der Waals surface area contributed by atoms with E-state index in [1.807, 2.05) is 46.2 Å². The second kappa shape index (κ2) is 8.33. The number of amides is 2. The number of rotatable bonds is 5. The summed E-state index contributed by atoms with van der Waals surface area (Å²) in [6.45, 7) is 3.37. The van der Waals surface area contributed by atoms with E-state index in [0.717, 1.165) is 30.5 Å². The van der Waals surface area contributed by atoms with Crippen molar-refractivity contribution >= 4 is 11.8 Å². The van der Waals surface area contributed by atoms with Crippen LogP contribution >= 0.6 is 0 Å². The van der Waals surface area contributed by atoms with Crippen molar-refractivity contribution in [3.8, 4) is 0 Å². The number of pyridine rings is 1. The minimum absolute atomic E-state index is 0.00319. The van der Waals surface area contributed by atoms with E-state index in [9.17, 15) is 9.59 Å². The first-order valence-electron chi connectivity index (χ1n) is 10.1. The minimum Gasteiger partial charge on any atom is -0.380 e. The molecule has 2 saturated heterocycles. The van der Waals surface area contributed by atoms with E-state index in [-0.39, 0.29) is 17.2 Å². The molecule has 2 amide bonds. The van der Waals surface area contributed by atoms with Crippen molar-refractivity contribution in [1.82, 2.24) is 14.8 Å². The van der Waals surface area contributed by atoms with Crippen molar-refractivity contribution in [3.63, 3.8) is 0 Å². The first-order valence-corrected chi connectivity index (χ1v) is 10.1. The average Bonchev–Trinajstić information content (AvgIpc) is 3.04. The Hall–Kier alpha value is -2.73. The van der Waals surface area contributed by atoms with Gasteiger partial charge in [0.05, 0.1) is 6.61 Å². The molecule has 4 rings (SSSR count). The quantitative estimate of drug-likeness (QED) is 0.784. The Morgan fingerprint density at radius 1 is 1.07 bits per heavy atom. The van der Waals surface area contributed by atoms with E-state index in [2.05, 4.69) is 4.98 Å². The molecule has 0 aliphatic carbocycles. The van der Waals surface area contributed by atoms with Gasteiger partial charge in [0, 0.05) is 63.1 Å². The van der Waals surface area contributed by atoms with Gasteiger partial charge in [0.15, 0.2) is 0 Å². The molecule has 0 atom stereocenters. The van der Waals surface area contributed by atoms with Crippen LogP contribution in [0.2, 0.25) is 0 Å². The topological polar surface area (TPSA) is 62.7 Å². The first kappa shape index (κ1) is 19.6. The van der Waals surface area contributed by atoms with Crippen molar-refractivity contribution in [1.29, 1.82) is 0 Å². The number of nitrogens with zero attached hydrogens (tertiary/aromatic N) is 3. The number of methoxy groups -OCH3 is 1. The number of likely N-dealkylation sites (tertiary alicyclic amines) is 2. The van der Waals surface area contributed by atoms with Crippen molar-refractivity contribution < 1.29 is 14.3 Å². The van der Waals surface area contributed by atoms with Crippen molar-refractivity contribution in [3.05, 3.63) is 65.5 Å². The largest absolute Gasteiger partial charge is 0.380 e. The molecule has 29 heavy (non-hydrogen) atoms. The highest BCUT2D eigenvalue weighted by molar-refractivity contribution is 5.94. The van der Waals surface area contributed by atoms with Crippen LogP contribution < -0.4 is 0 Å². The van der Waals surface area contributed by atoms with Gasteiger partial charge < -0.3 is 14.5 Å². The molecule has 0 radical (unpaired) electrons. The van der Waals surface area contributed by atoms with E-state index >= 15 is 0 Å². The van der Waals surface area contributed by atoms with Gasteiger partial charge in [-0.3, -0.25) is 14.6 Å². The van der Waals surface area contributed by atoms with Gasteiger partial charge in [-0.25, -0.2) is 0 Å². The van der Waals surface area contributed by atoms with Crippen LogP contribution in [0.4, 0.5) is 0 Å². The maximum Gasteiger partial charge on any atom is 0.253 e. The van der Waals surface area contributed by atoms with Gasteiger partial charge in [-0.05, 0) is 48.2 Å². The fourth-order valence-corrected chi connectivity index (χ4v) is 4.45. The summed E-state index contributed by atoms with van der Waals surface area (Å²) in [6.07, 6.45) is 5.86. The predicted molar refractivity (Wildman–Crippen MR) is 109 cm³/mol. The number of carbonyl (C=O) groups is 2. The van der Waals surface area contributed by atoms with Crippen LogP contribution in [0.25, 0.3) is 0 Å². The lowest BCUT2D eigenvalue weighted by Crippen LogP contribution is -2.44. The van der Waals surface area contributed by atoms with Crippen LogP contribution in [0.5, 0.6) is 0 Å². The van der Waals surface area contributed by atoms with E-state index in [4.69, 9.17) is 4.74 Å². The van der Waals surface area contributed by atoms with Crippen LogP contribution in [-0.4, -0.2) is 53.3 Å². The Labute approximate surface area is 171 Å². The molecule has 2 aliphatic rings. The zero-order valence-electron chi connectivity index (χ0n) is 16.8. The number of piperidine rings is 1. The summed E-state index contributed by atoms with van der Waals surface area (Å²) in [5, 5.41) is 0. The highest BCUT2D eigenvalue weighted by atomic mass is 16.5. The Morgan fingerprint density at radius 3 is 2.41 bits per heavy atom. The summed E-state index contributed by atoms with van der Waals surface area (Å²) in [7, 11) is 1.66. The molecule has 2 aromatic rings. The van der Waals surface area contributed by atoms with Gasteiger partial charge in [0.2, 0.25) is 5.91 Å². The molecule has 0 N–H and O–H groups in total. The average molecular weight is 393 g/mol. The zero-order valence-corrected chi connectivity index (χ0v) is 16.8. The summed E-state index contributed by atoms with van der Waals surface area (Å²) in [5.74, 6) is 0.289. The van der Waals surface area contributed by atoms with Gasteiger partial charge in [0.1, 0.15) is 0 Å². The summed E-state index contributed by atoms with van der Waals surface area (Å²) in [4.78, 5) is 33.4. The summed E-state index contributed by atoms with van der Waals surface area (Å²) >= 11 is 0. The van der Waals surface area contributed by atoms with Crippen molar-refractivity contribution in [2.45, 2.75) is 32.4 Å². The first-order chi connectivity index (χ1) is 14.1. The van der Waals surface area contributed by atoms with Gasteiger partial charge >= 0.3 is 0 Å². The SMILES string of the molecule is COCc1ccc(C(=O)N2CCC3(CC2)CC(=O)N(Cc2ccncc2)C3)cc1. The Bertz CT molecular complexity index is 859. The third kappa shape index (κ3) is 4.32. The third-order valence-corrected chi connectivity index (χ3v) is 6.15. The van der Waals surface area contributed by atoms with Crippen LogP contribution in [0.1, 0.15) is 40.7 Å². The van der Waals surface area contributed by atoms with E-state index in [1.165, 1.54) is 0 Å². The Morgan fingerprint density at radius 2 is 1.76 bits per heavy atom. The van der Waals surface area contributed by atoms with Gasteiger partial charge in [0.25, 0.3) is 5.91 Å².